The Hall–Kier alpha value is -2.86. The van der Waals surface area contributed by atoms with Crippen LogP contribution < -0.4 is 14.8 Å². The number of pyridine rings is 1. The first-order chi connectivity index (χ1) is 12.5. The lowest BCUT2D eigenvalue weighted by molar-refractivity contribution is 0.191. The molecule has 0 aliphatic carbocycles. The molecule has 0 saturated heterocycles. The molecule has 1 unspecified atom stereocenters. The Kier molecular flexibility index (Phi) is 5.23. The first-order valence-electron chi connectivity index (χ1n) is 8.22. The number of nitrogens with zero attached hydrogens (tertiary/aromatic N) is 1. The van der Waals surface area contributed by atoms with Crippen molar-refractivity contribution < 1.29 is 19.0 Å². The zero-order valence-corrected chi connectivity index (χ0v) is 14.9. The maximum absolute atomic E-state index is 13.6. The van der Waals surface area contributed by atoms with Gasteiger partial charge in [0.05, 0.1) is 25.8 Å². The third-order valence-corrected chi connectivity index (χ3v) is 4.18. The second kappa shape index (κ2) is 7.58. The van der Waals surface area contributed by atoms with Gasteiger partial charge in [0.1, 0.15) is 5.82 Å². The van der Waals surface area contributed by atoms with Crippen molar-refractivity contribution >= 4 is 16.6 Å². The van der Waals surface area contributed by atoms with E-state index in [0.717, 1.165) is 11.4 Å². The topological polar surface area (TPSA) is 63.6 Å². The summed E-state index contributed by atoms with van der Waals surface area (Å²) >= 11 is 0. The van der Waals surface area contributed by atoms with Crippen LogP contribution in [0.5, 0.6) is 11.5 Å². The van der Waals surface area contributed by atoms with Crippen LogP contribution >= 0.6 is 0 Å². The fourth-order valence-corrected chi connectivity index (χ4v) is 2.86. The third-order valence-electron chi connectivity index (χ3n) is 4.18. The van der Waals surface area contributed by atoms with Crippen molar-refractivity contribution in [1.29, 1.82) is 0 Å². The minimum Gasteiger partial charge on any atom is -0.493 e. The van der Waals surface area contributed by atoms with E-state index in [1.165, 1.54) is 12.1 Å². The van der Waals surface area contributed by atoms with Gasteiger partial charge in [-0.15, -0.1) is 0 Å². The molecule has 1 atom stereocenters. The molecule has 1 heterocycles. The molecule has 2 N–H and O–H groups in total. The van der Waals surface area contributed by atoms with Crippen molar-refractivity contribution in [2.45, 2.75) is 13.0 Å². The Labute approximate surface area is 151 Å². The number of halogens is 1. The lowest BCUT2D eigenvalue weighted by atomic mass is 10.1. The Morgan fingerprint density at radius 1 is 1.08 bits per heavy atom. The number of aliphatic hydroxyl groups is 1. The zero-order chi connectivity index (χ0) is 18.7. The van der Waals surface area contributed by atoms with Crippen LogP contribution in [-0.2, 0) is 0 Å². The van der Waals surface area contributed by atoms with E-state index in [4.69, 9.17) is 9.47 Å². The Bertz CT molecular complexity index is 930. The van der Waals surface area contributed by atoms with Gasteiger partial charge in [0, 0.05) is 23.3 Å². The molecule has 0 radical (unpaired) electrons. The molecule has 2 aromatic carbocycles. The number of hydrogen-bond donors (Lipinski definition) is 2. The van der Waals surface area contributed by atoms with E-state index < -0.39 is 6.10 Å². The average molecular weight is 356 g/mol. The highest BCUT2D eigenvalue weighted by molar-refractivity contribution is 5.91. The van der Waals surface area contributed by atoms with Gasteiger partial charge in [-0.3, -0.25) is 4.98 Å². The fourth-order valence-electron chi connectivity index (χ4n) is 2.86. The van der Waals surface area contributed by atoms with Gasteiger partial charge in [-0.1, -0.05) is 6.07 Å². The summed E-state index contributed by atoms with van der Waals surface area (Å²) in [4.78, 5) is 4.40. The van der Waals surface area contributed by atoms with Gasteiger partial charge in [-0.05, 0) is 48.9 Å². The number of ether oxygens (including phenoxy) is 2. The second-order valence-corrected chi connectivity index (χ2v) is 5.98. The molecule has 5 nitrogen and oxygen atoms in total. The van der Waals surface area contributed by atoms with Gasteiger partial charge in [0.25, 0.3) is 0 Å². The molecule has 0 amide bonds. The normalized spacial score (nSPS) is 12.0. The van der Waals surface area contributed by atoms with Crippen LogP contribution in [0.1, 0.15) is 17.4 Å². The van der Waals surface area contributed by atoms with Crippen LogP contribution in [0.25, 0.3) is 10.9 Å². The van der Waals surface area contributed by atoms with E-state index in [0.29, 0.717) is 28.0 Å². The van der Waals surface area contributed by atoms with E-state index >= 15 is 0 Å². The van der Waals surface area contributed by atoms with Crippen molar-refractivity contribution in [2.24, 2.45) is 0 Å². The summed E-state index contributed by atoms with van der Waals surface area (Å²) in [6.07, 6.45) is -0.771. The van der Waals surface area contributed by atoms with Gasteiger partial charge >= 0.3 is 0 Å². The standard InChI is InChI=1S/C20H21FN2O3/c1-12-8-17(15-10-14(21)5-6-16(15)23-12)22-11-18(24)13-4-7-19(25-2)20(9-13)26-3/h4-10,18,24H,11H2,1-3H3,(H,22,23). The fraction of sp³-hybridized carbons (Fsp3) is 0.250. The zero-order valence-electron chi connectivity index (χ0n) is 14.9. The van der Waals surface area contributed by atoms with Crippen LogP contribution in [-0.4, -0.2) is 30.9 Å². The van der Waals surface area contributed by atoms with Gasteiger partial charge in [0.2, 0.25) is 0 Å². The first kappa shape index (κ1) is 17.9. The summed E-state index contributed by atoms with van der Waals surface area (Å²) < 4.78 is 24.1. The molecular weight excluding hydrogens is 335 g/mol. The SMILES string of the molecule is COc1ccc(C(O)CNc2cc(C)nc3ccc(F)cc23)cc1OC. The minimum atomic E-state index is -0.771. The lowest BCUT2D eigenvalue weighted by Crippen LogP contribution is -2.13. The molecule has 1 aromatic heterocycles. The number of rotatable bonds is 6. The number of benzene rings is 2. The molecule has 0 saturated carbocycles. The van der Waals surface area contributed by atoms with Crippen molar-refractivity contribution in [3.63, 3.8) is 0 Å². The van der Waals surface area contributed by atoms with Crippen molar-refractivity contribution in [1.82, 2.24) is 4.98 Å². The second-order valence-electron chi connectivity index (χ2n) is 5.98. The summed E-state index contributed by atoms with van der Waals surface area (Å²) in [5.41, 5.74) is 2.93. The molecular formula is C20H21FN2O3. The average Bonchev–Trinajstić information content (AvgIpc) is 2.65. The van der Waals surface area contributed by atoms with Crippen LogP contribution in [0, 0.1) is 12.7 Å². The van der Waals surface area contributed by atoms with E-state index in [-0.39, 0.29) is 12.4 Å². The van der Waals surface area contributed by atoms with E-state index in [9.17, 15) is 9.50 Å². The highest BCUT2D eigenvalue weighted by atomic mass is 19.1. The highest BCUT2D eigenvalue weighted by Crippen LogP contribution is 2.30. The summed E-state index contributed by atoms with van der Waals surface area (Å²) in [5.74, 6) is 0.825. The smallest absolute Gasteiger partial charge is 0.161 e. The molecule has 6 heteroatoms. The minimum absolute atomic E-state index is 0.255. The molecule has 136 valence electrons. The molecule has 0 aliphatic heterocycles. The number of nitrogens with one attached hydrogen (secondary N) is 1. The molecule has 26 heavy (non-hydrogen) atoms. The molecule has 0 fully saturated rings. The number of anilines is 1. The largest absolute Gasteiger partial charge is 0.493 e. The quantitative estimate of drug-likeness (QED) is 0.702. The van der Waals surface area contributed by atoms with Crippen molar-refractivity contribution in [3.8, 4) is 11.5 Å². The molecule has 0 bridgehead atoms. The summed E-state index contributed by atoms with van der Waals surface area (Å²) in [5, 5.41) is 14.4. The molecule has 3 rings (SSSR count). The molecule has 0 aliphatic rings. The van der Waals surface area contributed by atoms with Crippen LogP contribution in [0.15, 0.2) is 42.5 Å². The third kappa shape index (κ3) is 3.70. The van der Waals surface area contributed by atoms with Gasteiger partial charge < -0.3 is 19.9 Å². The predicted octanol–water partition coefficient (Wildman–Crippen LogP) is 3.85. The van der Waals surface area contributed by atoms with Crippen molar-refractivity contribution in [2.75, 3.05) is 26.1 Å². The van der Waals surface area contributed by atoms with Crippen LogP contribution in [0.3, 0.4) is 0 Å². The highest BCUT2D eigenvalue weighted by Gasteiger charge is 2.13. The number of aromatic nitrogens is 1. The monoisotopic (exact) mass is 356 g/mol. The number of aryl methyl sites for hydroxylation is 1. The Balaban J connectivity index is 1.83. The Morgan fingerprint density at radius 3 is 2.58 bits per heavy atom. The van der Waals surface area contributed by atoms with Gasteiger partial charge in [-0.2, -0.15) is 0 Å². The number of fused-ring (bicyclic) bond motifs is 1. The molecule has 0 spiro atoms. The van der Waals surface area contributed by atoms with Gasteiger partial charge in [0.15, 0.2) is 11.5 Å². The predicted molar refractivity (Wildman–Crippen MR) is 99.4 cm³/mol. The van der Waals surface area contributed by atoms with E-state index in [2.05, 4.69) is 10.3 Å². The Morgan fingerprint density at radius 2 is 1.85 bits per heavy atom. The van der Waals surface area contributed by atoms with E-state index in [1.807, 2.05) is 13.0 Å². The molecule has 3 aromatic rings. The van der Waals surface area contributed by atoms with Crippen molar-refractivity contribution in [3.05, 3.63) is 59.5 Å². The number of aliphatic hydroxyl groups excluding tert-OH is 1. The van der Waals surface area contributed by atoms with E-state index in [1.54, 1.807) is 38.5 Å². The lowest BCUT2D eigenvalue weighted by Gasteiger charge is -2.17. The number of methoxy groups -OCH3 is 2. The van der Waals surface area contributed by atoms with Crippen LogP contribution in [0.2, 0.25) is 0 Å². The number of hydrogen-bond acceptors (Lipinski definition) is 5. The summed E-state index contributed by atoms with van der Waals surface area (Å²) in [7, 11) is 3.11. The summed E-state index contributed by atoms with van der Waals surface area (Å²) in [6.45, 7) is 2.13. The first-order valence-corrected chi connectivity index (χ1v) is 8.22. The van der Waals surface area contributed by atoms with Gasteiger partial charge in [-0.25, -0.2) is 4.39 Å². The van der Waals surface area contributed by atoms with Crippen LogP contribution in [0.4, 0.5) is 10.1 Å². The maximum atomic E-state index is 13.6. The summed E-state index contributed by atoms with van der Waals surface area (Å²) in [6, 6.07) is 11.6. The maximum Gasteiger partial charge on any atom is 0.161 e.